The summed E-state index contributed by atoms with van der Waals surface area (Å²) in [5, 5.41) is 0. The second kappa shape index (κ2) is 7.70. The third kappa shape index (κ3) is 3.29. The van der Waals surface area contributed by atoms with Gasteiger partial charge in [0.15, 0.2) is 0 Å². The number of likely N-dealkylation sites (N-methyl/N-ethyl adjacent to an activating group) is 1. The minimum atomic E-state index is -0.355. The van der Waals surface area contributed by atoms with Crippen LogP contribution in [-0.2, 0) is 14.3 Å². The van der Waals surface area contributed by atoms with E-state index >= 15 is 0 Å². The summed E-state index contributed by atoms with van der Waals surface area (Å²) in [5.41, 5.74) is -0.355. The fraction of sp³-hybridized carbons (Fsp3) is 0.905. The Morgan fingerprint density at radius 3 is 2.56 bits per heavy atom. The predicted molar refractivity (Wildman–Crippen MR) is 103 cm³/mol. The maximum absolute atomic E-state index is 13.7. The highest BCUT2D eigenvalue weighted by Gasteiger charge is 2.61. The Hall–Kier alpha value is -1.14. The first-order valence-electron chi connectivity index (χ1n) is 10.9. The van der Waals surface area contributed by atoms with Crippen LogP contribution in [0.25, 0.3) is 0 Å². The maximum Gasteiger partial charge on any atom is 0.230 e. The summed E-state index contributed by atoms with van der Waals surface area (Å²) in [6, 6.07) is 0.375. The molecule has 0 radical (unpaired) electrons. The SMILES string of the molecule is CC[C@@]1(C(=O)N2CCCN(C)CC2)C[C@@H]2CC[C@H]1N2C(=O)C1CCOCC1. The zero-order chi connectivity index (χ0) is 19.0. The Morgan fingerprint density at radius 1 is 1.04 bits per heavy atom. The van der Waals surface area contributed by atoms with Crippen LogP contribution in [0.4, 0.5) is 0 Å². The van der Waals surface area contributed by atoms with Gasteiger partial charge in [0.05, 0.1) is 5.41 Å². The molecule has 0 unspecified atom stereocenters. The zero-order valence-corrected chi connectivity index (χ0v) is 17.0. The molecule has 6 nitrogen and oxygen atoms in total. The highest BCUT2D eigenvalue weighted by Crippen LogP contribution is 2.53. The summed E-state index contributed by atoms with van der Waals surface area (Å²) in [6.07, 6.45) is 6.48. The first kappa shape index (κ1) is 19.2. The van der Waals surface area contributed by atoms with E-state index in [0.29, 0.717) is 25.0 Å². The molecule has 3 atom stereocenters. The van der Waals surface area contributed by atoms with E-state index < -0.39 is 0 Å². The van der Waals surface area contributed by atoms with Gasteiger partial charge in [0, 0.05) is 50.8 Å². The number of nitrogens with zero attached hydrogens (tertiary/aromatic N) is 3. The van der Waals surface area contributed by atoms with Gasteiger partial charge in [-0.15, -0.1) is 0 Å². The van der Waals surface area contributed by atoms with Crippen LogP contribution in [0.15, 0.2) is 0 Å². The zero-order valence-electron chi connectivity index (χ0n) is 17.0. The topological polar surface area (TPSA) is 53.1 Å². The van der Waals surface area contributed by atoms with E-state index in [1.807, 2.05) is 0 Å². The molecule has 0 aliphatic carbocycles. The van der Waals surface area contributed by atoms with Crippen molar-refractivity contribution in [3.05, 3.63) is 0 Å². The number of fused-ring (bicyclic) bond motifs is 2. The van der Waals surface area contributed by atoms with E-state index in [-0.39, 0.29) is 23.4 Å². The molecule has 6 heteroatoms. The van der Waals surface area contributed by atoms with Crippen molar-refractivity contribution in [1.29, 1.82) is 0 Å². The van der Waals surface area contributed by atoms with Crippen molar-refractivity contribution in [2.45, 2.75) is 64.0 Å². The van der Waals surface area contributed by atoms with Gasteiger partial charge in [0.25, 0.3) is 0 Å². The highest BCUT2D eigenvalue weighted by atomic mass is 16.5. The largest absolute Gasteiger partial charge is 0.381 e. The minimum Gasteiger partial charge on any atom is -0.381 e. The van der Waals surface area contributed by atoms with Crippen molar-refractivity contribution in [1.82, 2.24) is 14.7 Å². The molecule has 4 aliphatic rings. The molecule has 2 amide bonds. The van der Waals surface area contributed by atoms with Crippen LogP contribution >= 0.6 is 0 Å². The van der Waals surface area contributed by atoms with Crippen LogP contribution in [0.5, 0.6) is 0 Å². The lowest BCUT2D eigenvalue weighted by Crippen LogP contribution is -2.52. The van der Waals surface area contributed by atoms with Gasteiger partial charge >= 0.3 is 0 Å². The summed E-state index contributed by atoms with van der Waals surface area (Å²) < 4.78 is 5.45. The molecule has 4 aliphatic heterocycles. The average Bonchev–Trinajstić information content (AvgIpc) is 3.18. The lowest BCUT2D eigenvalue weighted by atomic mass is 9.70. The van der Waals surface area contributed by atoms with E-state index in [9.17, 15) is 9.59 Å². The number of hydrogen-bond acceptors (Lipinski definition) is 4. The van der Waals surface area contributed by atoms with E-state index in [0.717, 1.165) is 71.1 Å². The molecule has 0 spiro atoms. The van der Waals surface area contributed by atoms with Gasteiger partial charge in [0.2, 0.25) is 11.8 Å². The van der Waals surface area contributed by atoms with E-state index in [1.165, 1.54) is 0 Å². The second-order valence-corrected chi connectivity index (χ2v) is 9.04. The summed E-state index contributed by atoms with van der Waals surface area (Å²) in [6.45, 7) is 7.23. The molecule has 4 saturated heterocycles. The Balaban J connectivity index is 1.53. The highest BCUT2D eigenvalue weighted by molar-refractivity contribution is 5.88. The van der Waals surface area contributed by atoms with Crippen LogP contribution in [0.3, 0.4) is 0 Å². The smallest absolute Gasteiger partial charge is 0.230 e. The molecule has 4 fully saturated rings. The number of ether oxygens (including phenoxy) is 1. The van der Waals surface area contributed by atoms with Crippen LogP contribution in [0.2, 0.25) is 0 Å². The third-order valence-electron chi connectivity index (χ3n) is 7.63. The number of hydrogen-bond donors (Lipinski definition) is 0. The quantitative estimate of drug-likeness (QED) is 0.752. The van der Waals surface area contributed by atoms with Crippen LogP contribution < -0.4 is 0 Å². The normalized spacial score (nSPS) is 35.5. The van der Waals surface area contributed by atoms with E-state index in [1.54, 1.807) is 0 Å². The molecular formula is C21H35N3O3. The first-order chi connectivity index (χ1) is 13.1. The van der Waals surface area contributed by atoms with Crippen molar-refractivity contribution in [3.63, 3.8) is 0 Å². The summed E-state index contributed by atoms with van der Waals surface area (Å²) in [7, 11) is 2.13. The molecular weight excluding hydrogens is 342 g/mol. The lowest BCUT2D eigenvalue weighted by Gasteiger charge is -2.39. The minimum absolute atomic E-state index is 0.0939. The van der Waals surface area contributed by atoms with Crippen molar-refractivity contribution in [2.75, 3.05) is 46.4 Å². The third-order valence-corrected chi connectivity index (χ3v) is 7.63. The summed E-state index contributed by atoms with van der Waals surface area (Å²) >= 11 is 0. The fourth-order valence-electron chi connectivity index (χ4n) is 6.00. The molecule has 0 aromatic carbocycles. The maximum atomic E-state index is 13.7. The molecule has 2 bridgehead atoms. The van der Waals surface area contributed by atoms with Gasteiger partial charge in [0.1, 0.15) is 0 Å². The molecule has 0 saturated carbocycles. The molecule has 0 aromatic heterocycles. The molecule has 0 N–H and O–H groups in total. The molecule has 4 heterocycles. The monoisotopic (exact) mass is 377 g/mol. The van der Waals surface area contributed by atoms with Crippen LogP contribution in [0.1, 0.15) is 51.9 Å². The summed E-state index contributed by atoms with van der Waals surface area (Å²) in [5.74, 6) is 0.707. The van der Waals surface area contributed by atoms with Crippen molar-refractivity contribution >= 4 is 11.8 Å². The number of amides is 2. The van der Waals surface area contributed by atoms with Crippen molar-refractivity contribution < 1.29 is 14.3 Å². The average molecular weight is 378 g/mol. The number of rotatable bonds is 3. The molecule has 4 rings (SSSR count). The summed E-state index contributed by atoms with van der Waals surface area (Å²) in [4.78, 5) is 33.6. The Labute approximate surface area is 163 Å². The van der Waals surface area contributed by atoms with Gasteiger partial charge in [-0.25, -0.2) is 0 Å². The van der Waals surface area contributed by atoms with Crippen molar-refractivity contribution in [3.8, 4) is 0 Å². The van der Waals surface area contributed by atoms with Gasteiger partial charge in [-0.2, -0.15) is 0 Å². The lowest BCUT2D eigenvalue weighted by molar-refractivity contribution is -0.147. The number of carbonyl (C=O) groups excluding carboxylic acids is 2. The Kier molecular flexibility index (Phi) is 5.48. The molecule has 27 heavy (non-hydrogen) atoms. The molecule has 0 aromatic rings. The Bertz CT molecular complexity index is 577. The van der Waals surface area contributed by atoms with Gasteiger partial charge < -0.3 is 19.4 Å². The standard InChI is InChI=1S/C21H35N3O3/c1-3-21(20(26)23-10-4-9-22(2)11-12-23)15-17-5-6-18(21)24(17)19(25)16-7-13-27-14-8-16/h16-18H,3-15H2,1-2H3/t17-,18+,21+/m0/s1. The van der Waals surface area contributed by atoms with E-state index in [4.69, 9.17) is 4.74 Å². The van der Waals surface area contributed by atoms with Gasteiger partial charge in [-0.3, -0.25) is 9.59 Å². The van der Waals surface area contributed by atoms with E-state index in [2.05, 4.69) is 28.7 Å². The van der Waals surface area contributed by atoms with Crippen molar-refractivity contribution in [2.24, 2.45) is 11.3 Å². The van der Waals surface area contributed by atoms with Crippen LogP contribution in [0, 0.1) is 11.3 Å². The number of carbonyl (C=O) groups is 2. The fourth-order valence-corrected chi connectivity index (χ4v) is 6.00. The van der Waals surface area contributed by atoms with Gasteiger partial charge in [-0.05, 0) is 58.5 Å². The van der Waals surface area contributed by atoms with Gasteiger partial charge in [-0.1, -0.05) is 6.92 Å². The Morgan fingerprint density at radius 2 is 1.81 bits per heavy atom. The first-order valence-corrected chi connectivity index (χ1v) is 10.9. The second-order valence-electron chi connectivity index (χ2n) is 9.04. The molecule has 152 valence electrons. The van der Waals surface area contributed by atoms with Crippen LogP contribution in [-0.4, -0.2) is 85.0 Å². The predicted octanol–water partition coefficient (Wildman–Crippen LogP) is 1.74.